The summed E-state index contributed by atoms with van der Waals surface area (Å²) in [4.78, 5) is 23.3. The third-order valence-corrected chi connectivity index (χ3v) is 2.83. The number of hydrogen-bond acceptors (Lipinski definition) is 4. The van der Waals surface area contributed by atoms with Crippen LogP contribution in [-0.2, 0) is 22.3 Å². The molecule has 21 heavy (non-hydrogen) atoms. The number of nitrogens with zero attached hydrogens (tertiary/aromatic N) is 1. The molecule has 0 aliphatic carbocycles. The number of cyclic esters (lactones) is 1. The van der Waals surface area contributed by atoms with Crippen molar-refractivity contribution in [1.29, 1.82) is 0 Å². The van der Waals surface area contributed by atoms with Gasteiger partial charge in [0.2, 0.25) is 0 Å². The van der Waals surface area contributed by atoms with E-state index in [2.05, 4.69) is 4.74 Å². The van der Waals surface area contributed by atoms with Crippen LogP contribution in [-0.4, -0.2) is 25.3 Å². The lowest BCUT2D eigenvalue weighted by molar-refractivity contribution is -0.137. The van der Waals surface area contributed by atoms with E-state index in [0.717, 1.165) is 18.2 Å². The molecular weight excluding hydrogens is 293 g/mol. The summed E-state index contributed by atoms with van der Waals surface area (Å²) in [5, 5.41) is 0. The number of primary amides is 1. The van der Waals surface area contributed by atoms with Gasteiger partial charge < -0.3 is 15.2 Å². The van der Waals surface area contributed by atoms with Gasteiger partial charge in [-0.25, -0.2) is 9.59 Å². The van der Waals surface area contributed by atoms with Gasteiger partial charge in [0.15, 0.2) is 0 Å². The molecule has 0 unspecified atom stereocenters. The fourth-order valence-corrected chi connectivity index (χ4v) is 1.90. The molecule has 1 saturated heterocycles. The number of carbonyl (C=O) groups excluding carboxylic acids is 2. The maximum Gasteiger partial charge on any atom is 0.416 e. The van der Waals surface area contributed by atoms with Crippen LogP contribution in [0.3, 0.4) is 0 Å². The number of alkyl halides is 3. The van der Waals surface area contributed by atoms with E-state index >= 15 is 0 Å². The Morgan fingerprint density at radius 1 is 1.43 bits per heavy atom. The molecule has 2 amide bonds. The minimum Gasteiger partial charge on any atom is -0.447 e. The minimum atomic E-state index is -4.55. The quantitative estimate of drug-likeness (QED) is 0.928. The Balaban J connectivity index is 2.38. The lowest BCUT2D eigenvalue weighted by Gasteiger charge is -2.19. The number of anilines is 1. The second-order valence-corrected chi connectivity index (χ2v) is 4.21. The van der Waals surface area contributed by atoms with Gasteiger partial charge in [-0.05, 0) is 18.2 Å². The van der Waals surface area contributed by atoms with Gasteiger partial charge in [-0.1, -0.05) is 0 Å². The van der Waals surface area contributed by atoms with Crippen LogP contribution in [0, 0.1) is 0 Å². The summed E-state index contributed by atoms with van der Waals surface area (Å²) >= 11 is 0. The number of halogens is 3. The van der Waals surface area contributed by atoms with Crippen molar-refractivity contribution in [1.82, 2.24) is 0 Å². The van der Waals surface area contributed by atoms with Crippen molar-refractivity contribution in [2.75, 3.05) is 18.1 Å². The molecule has 2 N–H and O–H groups in total. The topological polar surface area (TPSA) is 81.9 Å². The zero-order valence-corrected chi connectivity index (χ0v) is 10.6. The molecule has 114 valence electrons. The highest BCUT2D eigenvalue weighted by atomic mass is 19.4. The van der Waals surface area contributed by atoms with Crippen LogP contribution >= 0.6 is 0 Å². The molecule has 1 aliphatic rings. The van der Waals surface area contributed by atoms with E-state index in [-0.39, 0.29) is 24.4 Å². The third-order valence-electron chi connectivity index (χ3n) is 2.83. The molecule has 0 radical (unpaired) electrons. The van der Waals surface area contributed by atoms with Crippen LogP contribution in [0.1, 0.15) is 11.1 Å². The van der Waals surface area contributed by atoms with Crippen molar-refractivity contribution in [3.63, 3.8) is 0 Å². The molecule has 1 heterocycles. The molecule has 0 aromatic heterocycles. The summed E-state index contributed by atoms with van der Waals surface area (Å²) in [5.41, 5.74) is 4.09. The standard InChI is InChI=1S/C12H11F3N2O4/c13-12(14,15)8-1-2-9(17-3-4-20-11(17)19)7(5-8)6-21-10(16)18/h1-2,5H,3-4,6H2,(H2,16,18). The number of amides is 2. The first-order valence-electron chi connectivity index (χ1n) is 5.85. The Morgan fingerprint density at radius 2 is 2.14 bits per heavy atom. The van der Waals surface area contributed by atoms with Crippen LogP contribution in [0.4, 0.5) is 28.4 Å². The Morgan fingerprint density at radius 3 is 2.67 bits per heavy atom. The average Bonchev–Trinajstić information content (AvgIpc) is 2.81. The van der Waals surface area contributed by atoms with Crippen molar-refractivity contribution >= 4 is 17.9 Å². The van der Waals surface area contributed by atoms with E-state index < -0.39 is 30.5 Å². The van der Waals surface area contributed by atoms with Crippen molar-refractivity contribution in [3.8, 4) is 0 Å². The predicted octanol–water partition coefficient (Wildman–Crippen LogP) is 2.26. The molecule has 1 fully saturated rings. The molecular formula is C12H11F3N2O4. The van der Waals surface area contributed by atoms with Gasteiger partial charge in [-0.2, -0.15) is 13.2 Å². The number of carbonyl (C=O) groups is 2. The summed E-state index contributed by atoms with van der Waals surface area (Å²) in [6.07, 6.45) is -6.34. The van der Waals surface area contributed by atoms with Crippen LogP contribution in [0.15, 0.2) is 18.2 Å². The number of nitrogens with two attached hydrogens (primary N) is 1. The smallest absolute Gasteiger partial charge is 0.416 e. The van der Waals surface area contributed by atoms with Crippen molar-refractivity contribution in [3.05, 3.63) is 29.3 Å². The second-order valence-electron chi connectivity index (χ2n) is 4.21. The van der Waals surface area contributed by atoms with Gasteiger partial charge in [-0.3, -0.25) is 4.90 Å². The van der Waals surface area contributed by atoms with Gasteiger partial charge in [0.25, 0.3) is 0 Å². The van der Waals surface area contributed by atoms with Crippen LogP contribution in [0.5, 0.6) is 0 Å². The van der Waals surface area contributed by atoms with Crippen molar-refractivity contribution < 1.29 is 32.2 Å². The Bertz CT molecular complexity index is 574. The molecule has 9 heteroatoms. The lowest BCUT2D eigenvalue weighted by Crippen LogP contribution is -2.25. The number of ether oxygens (including phenoxy) is 2. The van der Waals surface area contributed by atoms with Crippen LogP contribution in [0.2, 0.25) is 0 Å². The molecule has 0 bridgehead atoms. The van der Waals surface area contributed by atoms with Gasteiger partial charge in [0, 0.05) is 5.56 Å². The first-order valence-corrected chi connectivity index (χ1v) is 5.85. The molecule has 1 aromatic carbocycles. The Hall–Kier alpha value is -2.45. The normalized spacial score (nSPS) is 15.0. The zero-order valence-electron chi connectivity index (χ0n) is 10.6. The average molecular weight is 304 g/mol. The predicted molar refractivity (Wildman–Crippen MR) is 64.5 cm³/mol. The van der Waals surface area contributed by atoms with Gasteiger partial charge in [-0.15, -0.1) is 0 Å². The van der Waals surface area contributed by atoms with E-state index in [1.807, 2.05) is 0 Å². The van der Waals surface area contributed by atoms with Crippen molar-refractivity contribution in [2.45, 2.75) is 12.8 Å². The Labute approximate surface area is 117 Å². The van der Waals surface area contributed by atoms with E-state index in [4.69, 9.17) is 10.5 Å². The van der Waals surface area contributed by atoms with E-state index in [9.17, 15) is 22.8 Å². The van der Waals surface area contributed by atoms with Crippen molar-refractivity contribution in [2.24, 2.45) is 5.73 Å². The molecule has 1 aromatic rings. The Kier molecular flexibility index (Phi) is 3.92. The highest BCUT2D eigenvalue weighted by molar-refractivity contribution is 5.90. The second kappa shape index (κ2) is 5.51. The minimum absolute atomic E-state index is 0.0162. The SMILES string of the molecule is NC(=O)OCc1cc(C(F)(F)F)ccc1N1CCOC1=O. The van der Waals surface area contributed by atoms with E-state index in [1.54, 1.807) is 0 Å². The summed E-state index contributed by atoms with van der Waals surface area (Å²) in [6, 6.07) is 2.79. The summed E-state index contributed by atoms with van der Waals surface area (Å²) in [7, 11) is 0. The maximum absolute atomic E-state index is 12.7. The number of rotatable bonds is 3. The maximum atomic E-state index is 12.7. The third kappa shape index (κ3) is 3.36. The highest BCUT2D eigenvalue weighted by Crippen LogP contribution is 2.34. The first-order chi connectivity index (χ1) is 9.79. The fourth-order valence-electron chi connectivity index (χ4n) is 1.90. The molecule has 1 aliphatic heterocycles. The first kappa shape index (κ1) is 14.9. The summed E-state index contributed by atoms with van der Waals surface area (Å²) < 4.78 is 47.4. The monoisotopic (exact) mass is 304 g/mol. The molecule has 0 saturated carbocycles. The molecule has 2 rings (SSSR count). The van der Waals surface area contributed by atoms with Gasteiger partial charge >= 0.3 is 18.4 Å². The highest BCUT2D eigenvalue weighted by Gasteiger charge is 2.33. The van der Waals surface area contributed by atoms with E-state index in [0.29, 0.717) is 0 Å². The summed E-state index contributed by atoms with van der Waals surface area (Å²) in [5.74, 6) is 0. The number of benzene rings is 1. The summed E-state index contributed by atoms with van der Waals surface area (Å²) in [6.45, 7) is -0.137. The van der Waals surface area contributed by atoms with Crippen LogP contribution in [0.25, 0.3) is 0 Å². The molecule has 0 spiro atoms. The number of hydrogen-bond donors (Lipinski definition) is 1. The zero-order chi connectivity index (χ0) is 15.6. The fraction of sp³-hybridized carbons (Fsp3) is 0.333. The van der Waals surface area contributed by atoms with Crippen LogP contribution < -0.4 is 10.6 Å². The molecule has 0 atom stereocenters. The lowest BCUT2D eigenvalue weighted by atomic mass is 10.1. The van der Waals surface area contributed by atoms with E-state index in [1.165, 1.54) is 4.90 Å². The largest absolute Gasteiger partial charge is 0.447 e. The molecule has 6 nitrogen and oxygen atoms in total. The van der Waals surface area contributed by atoms with Gasteiger partial charge in [0.1, 0.15) is 13.2 Å². The van der Waals surface area contributed by atoms with Gasteiger partial charge in [0.05, 0.1) is 17.8 Å².